The molecule has 0 N–H and O–H groups in total. The van der Waals surface area contributed by atoms with E-state index in [1.165, 1.54) is 19.4 Å². The second-order valence-electron chi connectivity index (χ2n) is 6.77. The summed E-state index contributed by atoms with van der Waals surface area (Å²) in [6, 6.07) is 2.98. The van der Waals surface area contributed by atoms with Gasteiger partial charge in [-0.2, -0.15) is 0 Å². The standard InChI is InChI=1S/C17H24N2OS/c20-17(13-2-1-3-13)18-8-4-15(5-9-18)19-10-6-16-14(12-19)7-11-21-16/h7,11,13,15H,1-6,8-10,12H2. The van der Waals surface area contributed by atoms with E-state index >= 15 is 0 Å². The largest absolute Gasteiger partial charge is 0.342 e. The van der Waals surface area contributed by atoms with Gasteiger partial charge in [0.1, 0.15) is 0 Å². The van der Waals surface area contributed by atoms with E-state index in [4.69, 9.17) is 0 Å². The van der Waals surface area contributed by atoms with Crippen molar-refractivity contribution in [2.75, 3.05) is 19.6 Å². The minimum atomic E-state index is 0.366. The summed E-state index contributed by atoms with van der Waals surface area (Å²) >= 11 is 1.91. The van der Waals surface area contributed by atoms with Crippen LogP contribution in [0.1, 0.15) is 42.5 Å². The molecule has 0 bridgehead atoms. The third-order valence-electron chi connectivity index (χ3n) is 5.58. The summed E-state index contributed by atoms with van der Waals surface area (Å²) in [6.45, 7) is 4.29. The predicted molar refractivity (Wildman–Crippen MR) is 85.4 cm³/mol. The van der Waals surface area contributed by atoms with Crippen LogP contribution in [0.5, 0.6) is 0 Å². The molecule has 21 heavy (non-hydrogen) atoms. The lowest BCUT2D eigenvalue weighted by Crippen LogP contribution is -2.49. The SMILES string of the molecule is O=C(C1CCC1)N1CCC(N2CCc3sccc3C2)CC1. The molecule has 1 saturated heterocycles. The second-order valence-corrected chi connectivity index (χ2v) is 7.77. The van der Waals surface area contributed by atoms with E-state index in [0.717, 1.165) is 45.3 Å². The third kappa shape index (κ3) is 2.64. The fraction of sp³-hybridized carbons (Fsp3) is 0.706. The first-order valence-corrected chi connectivity index (χ1v) is 9.27. The van der Waals surface area contributed by atoms with Crippen LogP contribution in [0.2, 0.25) is 0 Å². The Balaban J connectivity index is 1.32. The molecular weight excluding hydrogens is 280 g/mol. The summed E-state index contributed by atoms with van der Waals surface area (Å²) in [7, 11) is 0. The maximum atomic E-state index is 12.3. The summed E-state index contributed by atoms with van der Waals surface area (Å²) in [4.78, 5) is 18.7. The zero-order valence-electron chi connectivity index (χ0n) is 12.6. The molecule has 3 aliphatic rings. The Morgan fingerprint density at radius 3 is 2.67 bits per heavy atom. The number of amides is 1. The van der Waals surface area contributed by atoms with E-state index in [1.54, 1.807) is 10.4 Å². The summed E-state index contributed by atoms with van der Waals surface area (Å²) in [5.41, 5.74) is 1.54. The van der Waals surface area contributed by atoms with E-state index in [2.05, 4.69) is 21.2 Å². The van der Waals surface area contributed by atoms with Gasteiger partial charge in [0, 0.05) is 43.0 Å². The van der Waals surface area contributed by atoms with Crippen molar-refractivity contribution in [3.8, 4) is 0 Å². The highest BCUT2D eigenvalue weighted by molar-refractivity contribution is 7.10. The molecule has 0 aromatic carbocycles. The molecule has 0 atom stereocenters. The van der Waals surface area contributed by atoms with Gasteiger partial charge in [0.25, 0.3) is 0 Å². The van der Waals surface area contributed by atoms with E-state index in [9.17, 15) is 4.79 Å². The molecule has 1 aromatic heterocycles. The molecule has 1 aliphatic carbocycles. The smallest absolute Gasteiger partial charge is 0.225 e. The molecular formula is C17H24N2OS. The topological polar surface area (TPSA) is 23.6 Å². The molecule has 0 unspecified atom stereocenters. The van der Waals surface area contributed by atoms with Crippen molar-refractivity contribution in [3.63, 3.8) is 0 Å². The number of thiophene rings is 1. The first kappa shape index (κ1) is 13.8. The molecule has 2 aliphatic heterocycles. The summed E-state index contributed by atoms with van der Waals surface area (Å²) in [5, 5.41) is 2.23. The van der Waals surface area contributed by atoms with Crippen molar-refractivity contribution in [1.82, 2.24) is 9.80 Å². The van der Waals surface area contributed by atoms with E-state index in [1.807, 2.05) is 11.3 Å². The van der Waals surface area contributed by atoms with Gasteiger partial charge in [-0.25, -0.2) is 0 Å². The van der Waals surface area contributed by atoms with Crippen LogP contribution in [-0.4, -0.2) is 41.4 Å². The average Bonchev–Trinajstić information content (AvgIpc) is 2.93. The van der Waals surface area contributed by atoms with Gasteiger partial charge in [-0.1, -0.05) is 6.42 Å². The van der Waals surface area contributed by atoms with E-state index in [-0.39, 0.29) is 0 Å². The van der Waals surface area contributed by atoms with Crippen LogP contribution in [0.25, 0.3) is 0 Å². The zero-order chi connectivity index (χ0) is 14.2. The van der Waals surface area contributed by atoms with Gasteiger partial charge in [0.05, 0.1) is 0 Å². The molecule has 1 saturated carbocycles. The van der Waals surface area contributed by atoms with Crippen molar-refractivity contribution in [3.05, 3.63) is 21.9 Å². The Labute approximate surface area is 130 Å². The highest BCUT2D eigenvalue weighted by Gasteiger charge is 2.33. The molecule has 3 heterocycles. The number of fused-ring (bicyclic) bond motifs is 1. The number of likely N-dealkylation sites (tertiary alicyclic amines) is 1. The van der Waals surface area contributed by atoms with Gasteiger partial charge in [-0.15, -0.1) is 11.3 Å². The van der Waals surface area contributed by atoms with Crippen LogP contribution in [0.3, 0.4) is 0 Å². The van der Waals surface area contributed by atoms with Gasteiger partial charge in [0.2, 0.25) is 5.91 Å². The first-order chi connectivity index (χ1) is 10.3. The lowest BCUT2D eigenvalue weighted by molar-refractivity contribution is -0.139. The minimum absolute atomic E-state index is 0.366. The van der Waals surface area contributed by atoms with E-state index < -0.39 is 0 Å². The van der Waals surface area contributed by atoms with Gasteiger partial charge < -0.3 is 4.90 Å². The fourth-order valence-corrected chi connectivity index (χ4v) is 4.84. The van der Waals surface area contributed by atoms with Crippen molar-refractivity contribution in [1.29, 1.82) is 0 Å². The number of hydrogen-bond acceptors (Lipinski definition) is 3. The third-order valence-corrected chi connectivity index (χ3v) is 6.61. The molecule has 4 heteroatoms. The zero-order valence-corrected chi connectivity index (χ0v) is 13.4. The minimum Gasteiger partial charge on any atom is -0.342 e. The normalized spacial score (nSPS) is 24.7. The van der Waals surface area contributed by atoms with Gasteiger partial charge in [-0.05, 0) is 49.1 Å². The van der Waals surface area contributed by atoms with Gasteiger partial charge in [0.15, 0.2) is 0 Å². The summed E-state index contributed by atoms with van der Waals surface area (Å²) in [5.74, 6) is 0.809. The van der Waals surface area contributed by atoms with Crippen molar-refractivity contribution < 1.29 is 4.79 Å². The van der Waals surface area contributed by atoms with Crippen LogP contribution in [0.4, 0.5) is 0 Å². The molecule has 1 aromatic rings. The quantitative estimate of drug-likeness (QED) is 0.839. The van der Waals surface area contributed by atoms with Crippen LogP contribution >= 0.6 is 11.3 Å². The Morgan fingerprint density at radius 1 is 1.14 bits per heavy atom. The second kappa shape index (κ2) is 5.73. The highest BCUT2D eigenvalue weighted by atomic mass is 32.1. The Hall–Kier alpha value is -0.870. The Morgan fingerprint density at radius 2 is 1.95 bits per heavy atom. The van der Waals surface area contributed by atoms with Crippen molar-refractivity contribution >= 4 is 17.2 Å². The number of rotatable bonds is 2. The maximum absolute atomic E-state index is 12.3. The number of carbonyl (C=O) groups excluding carboxylic acids is 1. The predicted octanol–water partition coefficient (Wildman–Crippen LogP) is 2.90. The monoisotopic (exact) mass is 304 g/mol. The first-order valence-electron chi connectivity index (χ1n) is 8.39. The number of carbonyl (C=O) groups is 1. The molecule has 1 amide bonds. The van der Waals surface area contributed by atoms with Crippen molar-refractivity contribution in [2.24, 2.45) is 5.92 Å². The molecule has 2 fully saturated rings. The average molecular weight is 304 g/mol. The number of hydrogen-bond donors (Lipinski definition) is 0. The number of nitrogens with zero attached hydrogens (tertiary/aromatic N) is 2. The summed E-state index contributed by atoms with van der Waals surface area (Å²) < 4.78 is 0. The highest BCUT2D eigenvalue weighted by Crippen LogP contribution is 2.31. The van der Waals surface area contributed by atoms with Crippen LogP contribution in [-0.2, 0) is 17.8 Å². The molecule has 3 nitrogen and oxygen atoms in total. The number of piperidine rings is 1. The molecule has 0 spiro atoms. The van der Waals surface area contributed by atoms with E-state index in [0.29, 0.717) is 17.9 Å². The molecule has 0 radical (unpaired) electrons. The Bertz CT molecular complexity index is 515. The Kier molecular flexibility index (Phi) is 3.76. The van der Waals surface area contributed by atoms with Gasteiger partial charge in [-0.3, -0.25) is 9.69 Å². The summed E-state index contributed by atoms with van der Waals surface area (Å²) in [6.07, 6.45) is 7.06. The van der Waals surface area contributed by atoms with Crippen molar-refractivity contribution in [2.45, 2.75) is 51.1 Å². The molecule has 114 valence electrons. The van der Waals surface area contributed by atoms with Crippen LogP contribution in [0, 0.1) is 5.92 Å². The van der Waals surface area contributed by atoms with Crippen LogP contribution in [0.15, 0.2) is 11.4 Å². The lowest BCUT2D eigenvalue weighted by atomic mass is 9.84. The maximum Gasteiger partial charge on any atom is 0.225 e. The van der Waals surface area contributed by atoms with Gasteiger partial charge >= 0.3 is 0 Å². The molecule has 4 rings (SSSR count). The lowest BCUT2D eigenvalue weighted by Gasteiger charge is -2.41. The fourth-order valence-electron chi connectivity index (χ4n) is 3.95. The van der Waals surface area contributed by atoms with Crippen LogP contribution < -0.4 is 0 Å².